The summed E-state index contributed by atoms with van der Waals surface area (Å²) in [5.41, 5.74) is 10.8. The molecule has 1 aliphatic rings. The summed E-state index contributed by atoms with van der Waals surface area (Å²) in [7, 11) is 2.20. The van der Waals surface area contributed by atoms with Crippen LogP contribution in [0, 0.1) is 0 Å². The Morgan fingerprint density at radius 3 is 2.12 bits per heavy atom. The molecule has 1 nitrogen and oxygen atoms in total. The third-order valence-electron chi connectivity index (χ3n) is 7.78. The lowest BCUT2D eigenvalue weighted by Crippen LogP contribution is -2.14. The van der Waals surface area contributed by atoms with E-state index in [0.29, 0.717) is 0 Å². The summed E-state index contributed by atoms with van der Waals surface area (Å²) in [6.45, 7) is 4.70. The monoisotopic (exact) mass is 423 g/mol. The summed E-state index contributed by atoms with van der Waals surface area (Å²) in [6, 6.07) is 36.0. The number of para-hydroxylation sites is 1. The molecule has 0 N–H and O–H groups in total. The predicted octanol–water partition coefficient (Wildman–Crippen LogP) is 8.46. The van der Waals surface area contributed by atoms with Gasteiger partial charge in [-0.2, -0.15) is 0 Å². The molecule has 7 rings (SSSR count). The van der Waals surface area contributed by atoms with E-state index in [4.69, 9.17) is 0 Å². The van der Waals surface area contributed by atoms with E-state index in [0.717, 1.165) is 0 Å². The predicted molar refractivity (Wildman–Crippen MR) is 141 cm³/mol. The van der Waals surface area contributed by atoms with Crippen molar-refractivity contribution in [3.63, 3.8) is 0 Å². The van der Waals surface area contributed by atoms with Gasteiger partial charge in [-0.3, -0.25) is 0 Å². The molecule has 0 aliphatic heterocycles. The molecule has 0 saturated carbocycles. The topological polar surface area (TPSA) is 4.93 Å². The van der Waals surface area contributed by atoms with Crippen LogP contribution in [0.3, 0.4) is 0 Å². The maximum absolute atomic E-state index is 2.43. The highest BCUT2D eigenvalue weighted by molar-refractivity contribution is 6.16. The van der Waals surface area contributed by atoms with Crippen molar-refractivity contribution >= 4 is 32.6 Å². The van der Waals surface area contributed by atoms with E-state index in [-0.39, 0.29) is 5.41 Å². The molecule has 1 heteroatoms. The van der Waals surface area contributed by atoms with E-state index in [9.17, 15) is 0 Å². The van der Waals surface area contributed by atoms with Crippen molar-refractivity contribution in [2.24, 2.45) is 7.05 Å². The van der Waals surface area contributed by atoms with Gasteiger partial charge in [-0.25, -0.2) is 0 Å². The molecule has 0 radical (unpaired) electrons. The second-order valence-electron chi connectivity index (χ2n) is 9.91. The Morgan fingerprint density at radius 1 is 0.576 bits per heavy atom. The first-order valence-corrected chi connectivity index (χ1v) is 11.7. The largest absolute Gasteiger partial charge is 0.343 e. The zero-order chi connectivity index (χ0) is 22.3. The fourth-order valence-electron chi connectivity index (χ4n) is 6.07. The molecule has 0 bridgehead atoms. The fraction of sp³-hybridized carbons (Fsp3) is 0.125. The zero-order valence-corrected chi connectivity index (χ0v) is 19.2. The number of benzene rings is 5. The van der Waals surface area contributed by atoms with Crippen LogP contribution in [-0.4, -0.2) is 4.57 Å². The van der Waals surface area contributed by atoms with Gasteiger partial charge in [0.2, 0.25) is 0 Å². The van der Waals surface area contributed by atoms with Gasteiger partial charge in [0.25, 0.3) is 0 Å². The third-order valence-corrected chi connectivity index (χ3v) is 7.78. The molecule has 1 aromatic heterocycles. The smallest absolute Gasteiger partial charge is 0.0568 e. The molecule has 158 valence electrons. The molecule has 0 atom stereocenters. The van der Waals surface area contributed by atoms with Crippen molar-refractivity contribution in [2.75, 3.05) is 0 Å². The number of fused-ring (bicyclic) bond motifs is 7. The van der Waals surface area contributed by atoms with Crippen LogP contribution in [-0.2, 0) is 12.5 Å². The fourth-order valence-corrected chi connectivity index (χ4v) is 6.07. The number of hydrogen-bond donors (Lipinski definition) is 0. The van der Waals surface area contributed by atoms with Crippen LogP contribution in [0.2, 0.25) is 0 Å². The molecular formula is C32H25N. The van der Waals surface area contributed by atoms with Crippen LogP contribution in [0.1, 0.15) is 25.0 Å². The van der Waals surface area contributed by atoms with Crippen molar-refractivity contribution in [1.82, 2.24) is 4.57 Å². The van der Waals surface area contributed by atoms with Crippen molar-refractivity contribution in [1.29, 1.82) is 0 Å². The van der Waals surface area contributed by atoms with Gasteiger partial charge in [0.1, 0.15) is 0 Å². The lowest BCUT2D eigenvalue weighted by atomic mass is 9.81. The highest BCUT2D eigenvalue weighted by Crippen LogP contribution is 2.50. The van der Waals surface area contributed by atoms with Gasteiger partial charge in [-0.15, -0.1) is 0 Å². The van der Waals surface area contributed by atoms with E-state index in [1.54, 1.807) is 0 Å². The zero-order valence-electron chi connectivity index (χ0n) is 19.2. The molecule has 5 aromatic carbocycles. The molecule has 33 heavy (non-hydrogen) atoms. The molecule has 6 aromatic rings. The summed E-state index contributed by atoms with van der Waals surface area (Å²) < 4.78 is 2.37. The molecule has 0 saturated heterocycles. The quantitative estimate of drug-likeness (QED) is 0.250. The second kappa shape index (κ2) is 6.36. The minimum atomic E-state index is 0.00643. The first-order chi connectivity index (χ1) is 16.0. The Balaban J connectivity index is 1.51. The lowest BCUT2D eigenvalue weighted by molar-refractivity contribution is 0.660. The lowest BCUT2D eigenvalue weighted by Gasteiger charge is -2.22. The summed E-state index contributed by atoms with van der Waals surface area (Å²) in [4.78, 5) is 0. The number of aryl methyl sites for hydroxylation is 1. The van der Waals surface area contributed by atoms with Gasteiger partial charge >= 0.3 is 0 Å². The van der Waals surface area contributed by atoms with E-state index in [1.807, 2.05) is 0 Å². The summed E-state index contributed by atoms with van der Waals surface area (Å²) in [5, 5.41) is 5.22. The molecule has 1 heterocycles. The summed E-state index contributed by atoms with van der Waals surface area (Å²) in [6.07, 6.45) is 0. The van der Waals surface area contributed by atoms with E-state index < -0.39 is 0 Å². The van der Waals surface area contributed by atoms with Crippen LogP contribution in [0.5, 0.6) is 0 Å². The molecule has 0 unspecified atom stereocenters. The normalized spacial score (nSPS) is 14.2. The van der Waals surface area contributed by atoms with Gasteiger partial charge in [0.05, 0.1) is 5.52 Å². The summed E-state index contributed by atoms with van der Waals surface area (Å²) >= 11 is 0. The average Bonchev–Trinajstić information content (AvgIpc) is 3.26. The minimum absolute atomic E-state index is 0.00643. The number of rotatable bonds is 1. The Morgan fingerprint density at radius 2 is 1.27 bits per heavy atom. The Labute approximate surface area is 193 Å². The Hall–Kier alpha value is -3.84. The Kier molecular flexibility index (Phi) is 3.60. The van der Waals surface area contributed by atoms with E-state index in [1.165, 1.54) is 66.0 Å². The highest BCUT2D eigenvalue weighted by Gasteiger charge is 2.35. The van der Waals surface area contributed by atoms with Gasteiger partial charge in [0.15, 0.2) is 0 Å². The van der Waals surface area contributed by atoms with Gasteiger partial charge in [-0.05, 0) is 56.8 Å². The van der Waals surface area contributed by atoms with Crippen molar-refractivity contribution < 1.29 is 0 Å². The standard InChI is InChI=1S/C32H25N/c1-32(2)28-14-7-6-11-24(28)25-16-15-22(18-29(25)32)23-12-8-13-26-27-17-20-9-4-5-10-21(20)19-30(27)33(3)31(23)26/h4-19H,1-3H3. The second-order valence-corrected chi connectivity index (χ2v) is 9.91. The van der Waals surface area contributed by atoms with Gasteiger partial charge in [0, 0.05) is 34.3 Å². The van der Waals surface area contributed by atoms with Gasteiger partial charge < -0.3 is 4.57 Å². The molecule has 0 amide bonds. The summed E-state index contributed by atoms with van der Waals surface area (Å²) in [5.74, 6) is 0. The molecular weight excluding hydrogens is 398 g/mol. The first kappa shape index (κ1) is 18.7. The van der Waals surface area contributed by atoms with E-state index in [2.05, 4.69) is 123 Å². The first-order valence-electron chi connectivity index (χ1n) is 11.7. The maximum Gasteiger partial charge on any atom is 0.0568 e. The van der Waals surface area contributed by atoms with Crippen molar-refractivity contribution in [3.05, 3.63) is 108 Å². The number of nitrogens with zero attached hydrogens (tertiary/aromatic N) is 1. The van der Waals surface area contributed by atoms with Crippen LogP contribution in [0.15, 0.2) is 97.1 Å². The minimum Gasteiger partial charge on any atom is -0.343 e. The molecule has 0 fully saturated rings. The van der Waals surface area contributed by atoms with Gasteiger partial charge in [-0.1, -0.05) is 92.7 Å². The molecule has 0 spiro atoms. The third kappa shape index (κ3) is 2.42. The highest BCUT2D eigenvalue weighted by atomic mass is 14.9. The maximum atomic E-state index is 2.43. The number of hydrogen-bond acceptors (Lipinski definition) is 0. The van der Waals surface area contributed by atoms with Crippen LogP contribution in [0.25, 0.3) is 54.8 Å². The van der Waals surface area contributed by atoms with Crippen LogP contribution < -0.4 is 0 Å². The van der Waals surface area contributed by atoms with Crippen molar-refractivity contribution in [2.45, 2.75) is 19.3 Å². The van der Waals surface area contributed by atoms with E-state index >= 15 is 0 Å². The Bertz CT molecular complexity index is 1750. The van der Waals surface area contributed by atoms with Crippen LogP contribution in [0.4, 0.5) is 0 Å². The van der Waals surface area contributed by atoms with Crippen LogP contribution >= 0.6 is 0 Å². The SMILES string of the molecule is Cn1c2cc3ccccc3cc2c2cccc(-c3ccc4c(c3)C(C)(C)c3ccccc3-4)c21. The number of aromatic nitrogens is 1. The average molecular weight is 424 g/mol. The van der Waals surface area contributed by atoms with Crippen molar-refractivity contribution in [3.8, 4) is 22.3 Å². The molecule has 1 aliphatic carbocycles.